The molecule has 0 radical (unpaired) electrons. The maximum Gasteiger partial charge on any atom is 0.241 e. The molecular formula is C14H22N2O3S. The number of benzene rings is 1. The molecule has 0 aromatic heterocycles. The van der Waals surface area contributed by atoms with E-state index in [1.54, 1.807) is 32.2 Å². The van der Waals surface area contributed by atoms with E-state index in [1.165, 1.54) is 0 Å². The standard InChI is InChI=1S/C14H22N2O3S/c1-11-10-13(19-3)4-5-14(11)20(17,18)15-12-6-8-16(2)9-7-12/h4-5,10,12,15H,6-9H2,1-3H3. The van der Waals surface area contributed by atoms with Crippen LogP contribution in [0.3, 0.4) is 0 Å². The zero-order valence-corrected chi connectivity index (χ0v) is 13.0. The van der Waals surface area contributed by atoms with Gasteiger partial charge in [0.2, 0.25) is 10.0 Å². The van der Waals surface area contributed by atoms with Crippen molar-refractivity contribution in [3.63, 3.8) is 0 Å². The highest BCUT2D eigenvalue weighted by molar-refractivity contribution is 7.89. The van der Waals surface area contributed by atoms with Crippen molar-refractivity contribution in [2.75, 3.05) is 27.2 Å². The average Bonchev–Trinajstić information content (AvgIpc) is 2.40. The summed E-state index contributed by atoms with van der Waals surface area (Å²) in [5.41, 5.74) is 0.699. The molecule has 0 bridgehead atoms. The Hall–Kier alpha value is -1.11. The molecule has 0 amide bonds. The van der Waals surface area contributed by atoms with Gasteiger partial charge in [-0.15, -0.1) is 0 Å². The molecule has 1 aromatic carbocycles. The summed E-state index contributed by atoms with van der Waals surface area (Å²) in [4.78, 5) is 2.54. The maximum atomic E-state index is 12.4. The maximum absolute atomic E-state index is 12.4. The molecule has 1 N–H and O–H groups in total. The van der Waals surface area contributed by atoms with Gasteiger partial charge in [-0.3, -0.25) is 0 Å². The minimum atomic E-state index is -3.46. The third kappa shape index (κ3) is 3.50. The van der Waals surface area contributed by atoms with Gasteiger partial charge in [-0.25, -0.2) is 13.1 Å². The Kier molecular flexibility index (Phi) is 4.67. The number of hydrogen-bond acceptors (Lipinski definition) is 4. The van der Waals surface area contributed by atoms with Crippen LogP contribution in [0.2, 0.25) is 0 Å². The summed E-state index contributed by atoms with van der Waals surface area (Å²) in [5, 5.41) is 0. The summed E-state index contributed by atoms with van der Waals surface area (Å²) in [7, 11) is 0.166. The first kappa shape index (κ1) is 15.3. The molecule has 6 heteroatoms. The van der Waals surface area contributed by atoms with E-state index in [2.05, 4.69) is 16.7 Å². The second-order valence-corrected chi connectivity index (χ2v) is 7.01. The van der Waals surface area contributed by atoms with Crippen LogP contribution in [-0.2, 0) is 10.0 Å². The molecule has 0 atom stereocenters. The Balaban J connectivity index is 2.14. The van der Waals surface area contributed by atoms with E-state index in [1.807, 2.05) is 0 Å². The van der Waals surface area contributed by atoms with Crippen molar-refractivity contribution in [1.29, 1.82) is 0 Å². The van der Waals surface area contributed by atoms with Crippen molar-refractivity contribution in [2.24, 2.45) is 0 Å². The fourth-order valence-corrected chi connectivity index (χ4v) is 3.99. The number of nitrogens with one attached hydrogen (secondary N) is 1. The number of methoxy groups -OCH3 is 1. The molecule has 1 aliphatic rings. The number of ether oxygens (including phenoxy) is 1. The van der Waals surface area contributed by atoms with Crippen LogP contribution in [0, 0.1) is 6.92 Å². The second-order valence-electron chi connectivity index (χ2n) is 5.33. The largest absolute Gasteiger partial charge is 0.497 e. The monoisotopic (exact) mass is 298 g/mol. The fourth-order valence-electron chi connectivity index (χ4n) is 2.46. The summed E-state index contributed by atoms with van der Waals surface area (Å²) in [5.74, 6) is 0.667. The number of sulfonamides is 1. The number of aryl methyl sites for hydroxylation is 1. The van der Waals surface area contributed by atoms with Gasteiger partial charge < -0.3 is 9.64 Å². The van der Waals surface area contributed by atoms with E-state index in [0.29, 0.717) is 16.2 Å². The summed E-state index contributed by atoms with van der Waals surface area (Å²) in [6.45, 7) is 3.63. The van der Waals surface area contributed by atoms with Gasteiger partial charge in [-0.1, -0.05) is 0 Å². The Labute approximate surface area is 121 Å². The van der Waals surface area contributed by atoms with Crippen molar-refractivity contribution < 1.29 is 13.2 Å². The van der Waals surface area contributed by atoms with Crippen LogP contribution in [0.15, 0.2) is 23.1 Å². The first-order valence-electron chi connectivity index (χ1n) is 6.78. The minimum Gasteiger partial charge on any atom is -0.497 e. The van der Waals surface area contributed by atoms with Crippen LogP contribution in [0.4, 0.5) is 0 Å². The zero-order valence-electron chi connectivity index (χ0n) is 12.2. The van der Waals surface area contributed by atoms with Crippen molar-refractivity contribution in [3.05, 3.63) is 23.8 Å². The smallest absolute Gasteiger partial charge is 0.241 e. The molecule has 112 valence electrons. The molecule has 1 heterocycles. The lowest BCUT2D eigenvalue weighted by atomic mass is 10.1. The van der Waals surface area contributed by atoms with Crippen LogP contribution in [0.1, 0.15) is 18.4 Å². The molecular weight excluding hydrogens is 276 g/mol. The van der Waals surface area contributed by atoms with Gasteiger partial charge in [0.25, 0.3) is 0 Å². The van der Waals surface area contributed by atoms with E-state index < -0.39 is 10.0 Å². The van der Waals surface area contributed by atoms with Gasteiger partial charge in [0, 0.05) is 6.04 Å². The number of rotatable bonds is 4. The molecule has 2 rings (SSSR count). The number of nitrogens with zero attached hydrogens (tertiary/aromatic N) is 1. The molecule has 1 saturated heterocycles. The number of piperidine rings is 1. The van der Waals surface area contributed by atoms with Gasteiger partial charge in [-0.05, 0) is 63.7 Å². The minimum absolute atomic E-state index is 0.0256. The predicted molar refractivity (Wildman–Crippen MR) is 78.6 cm³/mol. The topological polar surface area (TPSA) is 58.6 Å². The fraction of sp³-hybridized carbons (Fsp3) is 0.571. The summed E-state index contributed by atoms with van der Waals surface area (Å²) < 4.78 is 32.8. The van der Waals surface area contributed by atoms with Crippen LogP contribution < -0.4 is 9.46 Å². The molecule has 1 fully saturated rings. The molecule has 20 heavy (non-hydrogen) atoms. The van der Waals surface area contributed by atoms with Crippen molar-refractivity contribution in [2.45, 2.75) is 30.7 Å². The SMILES string of the molecule is COc1ccc(S(=O)(=O)NC2CCN(C)CC2)c(C)c1. The first-order valence-corrected chi connectivity index (χ1v) is 8.26. The average molecular weight is 298 g/mol. The zero-order chi connectivity index (χ0) is 14.8. The highest BCUT2D eigenvalue weighted by atomic mass is 32.2. The lowest BCUT2D eigenvalue weighted by molar-refractivity contribution is 0.248. The molecule has 1 aromatic rings. The van der Waals surface area contributed by atoms with E-state index in [-0.39, 0.29) is 6.04 Å². The van der Waals surface area contributed by atoms with Gasteiger partial charge in [-0.2, -0.15) is 0 Å². The van der Waals surface area contributed by atoms with E-state index in [4.69, 9.17) is 4.74 Å². The van der Waals surface area contributed by atoms with E-state index in [9.17, 15) is 8.42 Å². The third-order valence-electron chi connectivity index (χ3n) is 3.71. The third-order valence-corrected chi connectivity index (χ3v) is 5.39. The molecule has 0 spiro atoms. The van der Waals surface area contributed by atoms with Gasteiger partial charge in [0.05, 0.1) is 12.0 Å². The molecule has 0 saturated carbocycles. The molecule has 0 aliphatic carbocycles. The van der Waals surface area contributed by atoms with Crippen molar-refractivity contribution in [1.82, 2.24) is 9.62 Å². The van der Waals surface area contributed by atoms with Crippen molar-refractivity contribution >= 4 is 10.0 Å². The van der Waals surface area contributed by atoms with Crippen LogP contribution >= 0.6 is 0 Å². The van der Waals surface area contributed by atoms with Crippen LogP contribution in [0.25, 0.3) is 0 Å². The van der Waals surface area contributed by atoms with Crippen molar-refractivity contribution in [3.8, 4) is 5.75 Å². The quantitative estimate of drug-likeness (QED) is 0.912. The van der Waals surface area contributed by atoms with Crippen LogP contribution in [-0.4, -0.2) is 46.6 Å². The molecule has 5 nitrogen and oxygen atoms in total. The number of likely N-dealkylation sites (tertiary alicyclic amines) is 1. The summed E-state index contributed by atoms with van der Waals surface area (Å²) in [6.07, 6.45) is 1.70. The van der Waals surface area contributed by atoms with Gasteiger partial charge >= 0.3 is 0 Å². The Morgan fingerprint density at radius 3 is 2.50 bits per heavy atom. The second kappa shape index (κ2) is 6.11. The number of hydrogen-bond donors (Lipinski definition) is 1. The Bertz CT molecular complexity index is 564. The van der Waals surface area contributed by atoms with Gasteiger partial charge in [0.15, 0.2) is 0 Å². The lowest BCUT2D eigenvalue weighted by Crippen LogP contribution is -2.43. The summed E-state index contributed by atoms with van der Waals surface area (Å²) >= 11 is 0. The predicted octanol–water partition coefficient (Wildman–Crippen LogP) is 1.38. The van der Waals surface area contributed by atoms with Gasteiger partial charge in [0.1, 0.15) is 5.75 Å². The van der Waals surface area contributed by atoms with Crippen LogP contribution in [0.5, 0.6) is 5.75 Å². The normalized spacial score (nSPS) is 18.1. The first-order chi connectivity index (χ1) is 9.42. The lowest BCUT2D eigenvalue weighted by Gasteiger charge is -2.29. The molecule has 1 aliphatic heterocycles. The highest BCUT2D eigenvalue weighted by Gasteiger charge is 2.24. The Morgan fingerprint density at radius 1 is 1.30 bits per heavy atom. The summed E-state index contributed by atoms with van der Waals surface area (Å²) in [6, 6.07) is 5.04. The van der Waals surface area contributed by atoms with E-state index in [0.717, 1.165) is 25.9 Å². The Morgan fingerprint density at radius 2 is 1.95 bits per heavy atom. The highest BCUT2D eigenvalue weighted by Crippen LogP contribution is 2.22. The van der Waals surface area contributed by atoms with E-state index >= 15 is 0 Å². The molecule has 0 unspecified atom stereocenters.